The molecule has 0 bridgehead atoms. The van der Waals surface area contributed by atoms with E-state index in [4.69, 9.17) is 5.73 Å². The van der Waals surface area contributed by atoms with E-state index < -0.39 is 0 Å². The molecular formula is C13H22FN3. The van der Waals surface area contributed by atoms with Gasteiger partial charge in [0.25, 0.3) is 0 Å². The van der Waals surface area contributed by atoms with Crippen LogP contribution < -0.4 is 5.73 Å². The second kappa shape index (κ2) is 5.56. The summed E-state index contributed by atoms with van der Waals surface area (Å²) in [6.45, 7) is 10.0. The first-order valence-corrected chi connectivity index (χ1v) is 6.05. The van der Waals surface area contributed by atoms with E-state index in [1.54, 1.807) is 12.3 Å². The summed E-state index contributed by atoms with van der Waals surface area (Å²) in [5.41, 5.74) is 6.46. The third-order valence-electron chi connectivity index (χ3n) is 3.48. The molecule has 0 spiro atoms. The highest BCUT2D eigenvalue weighted by molar-refractivity contribution is 5.21. The van der Waals surface area contributed by atoms with Crippen LogP contribution in [0.2, 0.25) is 0 Å². The number of hydrogen-bond donors (Lipinski definition) is 1. The Balaban J connectivity index is 3.03. The number of hydrogen-bond acceptors (Lipinski definition) is 3. The molecule has 0 aliphatic rings. The third kappa shape index (κ3) is 2.82. The van der Waals surface area contributed by atoms with E-state index in [0.717, 1.165) is 13.1 Å². The molecule has 0 aromatic carbocycles. The lowest BCUT2D eigenvalue weighted by molar-refractivity contribution is 0.105. The minimum absolute atomic E-state index is 0.286. The second-order valence-corrected chi connectivity index (χ2v) is 4.70. The Hall–Kier alpha value is -1.00. The van der Waals surface area contributed by atoms with Crippen molar-refractivity contribution in [2.45, 2.75) is 39.3 Å². The minimum atomic E-state index is -0.370. The van der Waals surface area contributed by atoms with Gasteiger partial charge in [0, 0.05) is 17.3 Å². The quantitative estimate of drug-likeness (QED) is 0.857. The monoisotopic (exact) mass is 239 g/mol. The molecule has 1 aromatic heterocycles. The van der Waals surface area contributed by atoms with Crippen molar-refractivity contribution in [3.8, 4) is 0 Å². The molecular weight excluding hydrogens is 217 g/mol. The van der Waals surface area contributed by atoms with Gasteiger partial charge in [0.15, 0.2) is 0 Å². The van der Waals surface area contributed by atoms with Gasteiger partial charge in [0.1, 0.15) is 5.82 Å². The zero-order valence-corrected chi connectivity index (χ0v) is 11.1. The molecule has 3 nitrogen and oxygen atoms in total. The van der Waals surface area contributed by atoms with Gasteiger partial charge in [-0.25, -0.2) is 4.39 Å². The Kier molecular flexibility index (Phi) is 4.60. The Labute approximate surface area is 103 Å². The summed E-state index contributed by atoms with van der Waals surface area (Å²) in [5, 5.41) is 0. The van der Waals surface area contributed by atoms with Crippen molar-refractivity contribution in [1.29, 1.82) is 0 Å². The van der Waals surface area contributed by atoms with Crippen LogP contribution in [-0.2, 0) is 0 Å². The number of aromatic nitrogens is 1. The van der Waals surface area contributed by atoms with Crippen LogP contribution in [0.4, 0.5) is 4.39 Å². The molecule has 0 saturated heterocycles. The molecule has 0 amide bonds. The number of nitrogens with zero attached hydrogens (tertiary/aromatic N) is 2. The van der Waals surface area contributed by atoms with Crippen LogP contribution in [0.15, 0.2) is 18.5 Å². The molecule has 1 unspecified atom stereocenters. The summed E-state index contributed by atoms with van der Waals surface area (Å²) in [6, 6.07) is 1.29. The Morgan fingerprint density at radius 1 is 1.41 bits per heavy atom. The van der Waals surface area contributed by atoms with Crippen LogP contribution >= 0.6 is 0 Å². The molecule has 0 saturated carbocycles. The second-order valence-electron chi connectivity index (χ2n) is 4.70. The molecule has 1 atom stereocenters. The van der Waals surface area contributed by atoms with Crippen molar-refractivity contribution in [3.05, 3.63) is 29.8 Å². The maximum atomic E-state index is 13.7. The number of nitrogens with two attached hydrogens (primary N) is 1. The van der Waals surface area contributed by atoms with Crippen LogP contribution in [0.25, 0.3) is 0 Å². The van der Waals surface area contributed by atoms with Gasteiger partial charge in [0.2, 0.25) is 0 Å². The molecule has 1 aromatic rings. The van der Waals surface area contributed by atoms with Crippen LogP contribution in [0, 0.1) is 5.82 Å². The first-order chi connectivity index (χ1) is 7.95. The minimum Gasteiger partial charge on any atom is -0.322 e. The van der Waals surface area contributed by atoms with Crippen molar-refractivity contribution < 1.29 is 4.39 Å². The van der Waals surface area contributed by atoms with Gasteiger partial charge in [-0.05, 0) is 33.0 Å². The van der Waals surface area contributed by atoms with Gasteiger partial charge in [-0.1, -0.05) is 13.8 Å². The fourth-order valence-corrected chi connectivity index (χ4v) is 2.25. The topological polar surface area (TPSA) is 42.1 Å². The highest BCUT2D eigenvalue weighted by Crippen LogP contribution is 2.29. The highest BCUT2D eigenvalue weighted by atomic mass is 19.1. The summed E-state index contributed by atoms with van der Waals surface area (Å²) < 4.78 is 13.7. The van der Waals surface area contributed by atoms with Gasteiger partial charge in [-0.15, -0.1) is 0 Å². The summed E-state index contributed by atoms with van der Waals surface area (Å²) in [4.78, 5) is 5.98. The van der Waals surface area contributed by atoms with Gasteiger partial charge in [-0.3, -0.25) is 9.88 Å². The first kappa shape index (κ1) is 14.1. The van der Waals surface area contributed by atoms with E-state index in [1.807, 2.05) is 13.8 Å². The van der Waals surface area contributed by atoms with E-state index in [1.165, 1.54) is 6.20 Å². The molecule has 96 valence electrons. The average Bonchev–Trinajstić information content (AvgIpc) is 2.30. The van der Waals surface area contributed by atoms with E-state index >= 15 is 0 Å². The lowest BCUT2D eigenvalue weighted by atomic mass is 9.87. The van der Waals surface area contributed by atoms with E-state index in [9.17, 15) is 4.39 Å². The Morgan fingerprint density at radius 2 is 2.00 bits per heavy atom. The standard InChI is InChI=1S/C13H22FN3/c1-5-17(6-2)13(3,4)12(15)10-7-8-16-9-11(10)14/h7-9,12H,5-6,15H2,1-4H3. The molecule has 0 radical (unpaired) electrons. The zero-order chi connectivity index (χ0) is 13.1. The summed E-state index contributed by atoms with van der Waals surface area (Å²) in [5.74, 6) is -0.333. The normalized spacial score (nSPS) is 14.1. The van der Waals surface area contributed by atoms with E-state index in [-0.39, 0.29) is 17.4 Å². The van der Waals surface area contributed by atoms with Crippen molar-refractivity contribution in [2.75, 3.05) is 13.1 Å². The van der Waals surface area contributed by atoms with Crippen LogP contribution in [-0.4, -0.2) is 28.5 Å². The fourth-order valence-electron chi connectivity index (χ4n) is 2.25. The Morgan fingerprint density at radius 3 is 2.47 bits per heavy atom. The van der Waals surface area contributed by atoms with Gasteiger partial charge in [0.05, 0.1) is 12.2 Å². The van der Waals surface area contributed by atoms with E-state index in [2.05, 4.69) is 23.7 Å². The summed E-state index contributed by atoms with van der Waals surface area (Å²) in [6.07, 6.45) is 2.80. The van der Waals surface area contributed by atoms with Crippen LogP contribution in [0.1, 0.15) is 39.3 Å². The predicted octanol–water partition coefficient (Wildman–Crippen LogP) is 2.34. The summed E-state index contributed by atoms with van der Waals surface area (Å²) in [7, 11) is 0. The molecule has 17 heavy (non-hydrogen) atoms. The maximum absolute atomic E-state index is 13.7. The van der Waals surface area contributed by atoms with Gasteiger partial charge >= 0.3 is 0 Å². The lowest BCUT2D eigenvalue weighted by Crippen LogP contribution is -2.51. The highest BCUT2D eigenvalue weighted by Gasteiger charge is 2.33. The SMILES string of the molecule is CCN(CC)C(C)(C)C(N)c1ccncc1F. The van der Waals surface area contributed by atoms with Crippen LogP contribution in [0.3, 0.4) is 0 Å². The number of rotatable bonds is 5. The smallest absolute Gasteiger partial charge is 0.146 e. The average molecular weight is 239 g/mol. The zero-order valence-electron chi connectivity index (χ0n) is 11.1. The van der Waals surface area contributed by atoms with Crippen molar-refractivity contribution >= 4 is 0 Å². The molecule has 0 fully saturated rings. The van der Waals surface area contributed by atoms with Crippen molar-refractivity contribution in [3.63, 3.8) is 0 Å². The maximum Gasteiger partial charge on any atom is 0.146 e. The number of pyridine rings is 1. The van der Waals surface area contributed by atoms with Crippen molar-refractivity contribution in [2.24, 2.45) is 5.73 Å². The molecule has 0 aliphatic heterocycles. The molecule has 1 heterocycles. The molecule has 0 aliphatic carbocycles. The van der Waals surface area contributed by atoms with E-state index in [0.29, 0.717) is 5.56 Å². The Bertz CT molecular complexity index is 361. The molecule has 4 heteroatoms. The van der Waals surface area contributed by atoms with Crippen LogP contribution in [0.5, 0.6) is 0 Å². The fraction of sp³-hybridized carbons (Fsp3) is 0.615. The summed E-state index contributed by atoms with van der Waals surface area (Å²) >= 11 is 0. The van der Waals surface area contributed by atoms with Gasteiger partial charge < -0.3 is 5.73 Å². The lowest BCUT2D eigenvalue weighted by Gasteiger charge is -2.42. The van der Waals surface area contributed by atoms with Gasteiger partial charge in [-0.2, -0.15) is 0 Å². The predicted molar refractivity (Wildman–Crippen MR) is 68.1 cm³/mol. The third-order valence-corrected chi connectivity index (χ3v) is 3.48. The molecule has 1 rings (SSSR count). The van der Waals surface area contributed by atoms with Crippen molar-refractivity contribution in [1.82, 2.24) is 9.88 Å². The molecule has 2 N–H and O–H groups in total. The first-order valence-electron chi connectivity index (χ1n) is 6.05. The number of halogens is 1. The largest absolute Gasteiger partial charge is 0.322 e. The number of likely N-dealkylation sites (N-methyl/N-ethyl adjacent to an activating group) is 1.